The molecule has 22 N–H and O–H groups in total. The van der Waals surface area contributed by atoms with E-state index >= 15 is 0 Å². The fraction of sp³-hybridized carbons (Fsp3) is 0.388. The van der Waals surface area contributed by atoms with Crippen LogP contribution in [0.4, 0.5) is 0 Å². The van der Waals surface area contributed by atoms with Crippen LogP contribution in [0.2, 0.25) is 0 Å². The highest BCUT2D eigenvalue weighted by Gasteiger charge is 2.36. The Morgan fingerprint density at radius 2 is 1.01 bits per heavy atom. The third-order valence-electron chi connectivity index (χ3n) is 15.8. The number of rotatable bonds is 39. The van der Waals surface area contributed by atoms with Crippen LogP contribution in [0.25, 0.3) is 10.9 Å². The molecule has 0 saturated carbocycles. The van der Waals surface area contributed by atoms with Gasteiger partial charge in [0.25, 0.3) is 0 Å². The highest BCUT2D eigenvalue weighted by atomic mass is 16.3. The lowest BCUT2D eigenvalue weighted by atomic mass is 10.0. The number of carbonyl (C=O) groups excluding carboxylic acids is 12. The minimum Gasteiger partial charge on any atom is -0.508 e. The van der Waals surface area contributed by atoms with Gasteiger partial charge in [0.2, 0.25) is 70.9 Å². The Morgan fingerprint density at radius 1 is 0.545 bits per heavy atom. The highest BCUT2D eigenvalue weighted by molar-refractivity contribution is 6.00. The first-order chi connectivity index (χ1) is 48.1. The van der Waals surface area contributed by atoms with Gasteiger partial charge in [-0.25, -0.2) is 4.68 Å². The van der Waals surface area contributed by atoms with Crippen LogP contribution in [0.5, 0.6) is 11.5 Å². The Labute approximate surface area is 580 Å². The molecule has 0 aliphatic rings. The van der Waals surface area contributed by atoms with Crippen molar-refractivity contribution in [2.24, 2.45) is 23.1 Å². The molecule has 0 spiro atoms. The summed E-state index contributed by atoms with van der Waals surface area (Å²) in [6.07, 6.45) is 1.05. The van der Waals surface area contributed by atoms with Crippen molar-refractivity contribution < 1.29 is 72.9 Å². The molecule has 9 atom stereocenters. The van der Waals surface area contributed by atoms with E-state index in [-0.39, 0.29) is 87.1 Å². The Bertz CT molecular complexity index is 3890. The number of benzene rings is 4. The number of hydrogen-bond donors (Lipinski definition) is 19. The van der Waals surface area contributed by atoms with Crippen molar-refractivity contribution in [1.82, 2.24) is 78.5 Å². The van der Waals surface area contributed by atoms with Gasteiger partial charge in [0, 0.05) is 63.3 Å². The average Bonchev–Trinajstić information content (AvgIpc) is 1.73. The molecule has 0 radical (unpaired) electrons. The first-order valence-corrected chi connectivity index (χ1v) is 32.3. The number of amides is 12. The van der Waals surface area contributed by atoms with Gasteiger partial charge < -0.3 is 96.0 Å². The lowest BCUT2D eigenvalue weighted by Crippen LogP contribution is -2.61. The Morgan fingerprint density at radius 3 is 1.54 bits per heavy atom. The number of primary amides is 3. The second-order valence-corrected chi connectivity index (χ2v) is 24.3. The number of aliphatic hydroxyl groups excluding tert-OH is 1. The molecule has 4 aromatic carbocycles. The predicted octanol–water partition coefficient (Wildman–Crippen LogP) is -3.00. The third-order valence-corrected chi connectivity index (χ3v) is 15.8. The summed E-state index contributed by atoms with van der Waals surface area (Å²) in [6, 6.07) is 13.4. The van der Waals surface area contributed by atoms with Crippen molar-refractivity contribution in [1.29, 1.82) is 5.41 Å². The summed E-state index contributed by atoms with van der Waals surface area (Å²) in [6.45, 7) is 3.63. The second-order valence-electron chi connectivity index (χ2n) is 24.3. The van der Waals surface area contributed by atoms with Gasteiger partial charge in [0.1, 0.15) is 71.6 Å². The van der Waals surface area contributed by atoms with E-state index in [2.05, 4.69) is 73.8 Å². The molecule has 101 heavy (non-hydrogen) atoms. The molecule has 34 heteroatoms. The molecule has 0 saturated heterocycles. The van der Waals surface area contributed by atoms with Gasteiger partial charge in [-0.3, -0.25) is 62.9 Å². The summed E-state index contributed by atoms with van der Waals surface area (Å²) < 4.78 is 1.25. The first kappa shape index (κ1) is 78.0. The number of phenolic OH excluding ortho intramolecular Hbond substituents is 2. The van der Waals surface area contributed by atoms with Crippen molar-refractivity contribution in [3.05, 3.63) is 143 Å². The number of aromatic hydroxyl groups is 2. The minimum atomic E-state index is -1.91. The number of fused-ring (bicyclic) bond motifs is 1. The standard InChI is InChI=1S/C67H87N19O15/c1-36(2)25-55(66(101)77-47(15-10-24-73-67(71)72-4)60(95)78-48(58(70)93)26-39-16-20-43(89)21-17-39)86-34-42(84-85-86)33-75-59(94)49(27-38-11-6-5-7-12-38)79-65(100)54(35-87)83-64(99)53(31-57(69)92)82-62(97)51(29-41-32-74-46-14-9-8-13-45(41)46)80-63(98)52(30-56(68)91)81-61(96)50(76-37(3)88)28-40-18-22-44(90)23-19-40/h5-9,11-14,16-23,32,34,36,47-55,74,87,89-90H,10,15,24-31,33,35H2,1-4H3,(H2,68,91)(H2,69,92)(H2,70,93)(H,75,94)(H,76,88)(H,77,101)(H,78,95)(H,79,100)(H,80,98)(H,81,96)(H,82,97)(H,83,99)(H3,71,72,73). The number of nitrogens with zero attached hydrogens (tertiary/aromatic N) is 3. The number of hydrogen-bond acceptors (Lipinski definition) is 18. The summed E-state index contributed by atoms with van der Waals surface area (Å²) in [4.78, 5) is 167. The second kappa shape index (κ2) is 38.2. The summed E-state index contributed by atoms with van der Waals surface area (Å²) >= 11 is 0. The van der Waals surface area contributed by atoms with E-state index in [1.54, 1.807) is 80.0 Å². The van der Waals surface area contributed by atoms with Crippen LogP contribution in [0.15, 0.2) is 116 Å². The number of nitrogens with one attached hydrogen (secondary N) is 13. The van der Waals surface area contributed by atoms with Gasteiger partial charge in [-0.05, 0) is 77.8 Å². The maximum Gasteiger partial charge on any atom is 0.245 e. The van der Waals surface area contributed by atoms with Crippen molar-refractivity contribution >= 4 is 87.7 Å². The Hall–Kier alpha value is -12.0. The topological polar surface area (TPSA) is 546 Å². The van der Waals surface area contributed by atoms with Crippen molar-refractivity contribution in [2.45, 2.75) is 139 Å². The normalized spacial score (nSPS) is 13.7. The van der Waals surface area contributed by atoms with E-state index in [9.17, 15) is 72.9 Å². The van der Waals surface area contributed by atoms with Gasteiger partial charge in [0.05, 0.1) is 32.2 Å². The number of guanidine groups is 1. The van der Waals surface area contributed by atoms with Gasteiger partial charge >= 0.3 is 0 Å². The molecule has 540 valence electrons. The van der Waals surface area contributed by atoms with Crippen LogP contribution in [0.1, 0.15) is 86.9 Å². The molecule has 0 aliphatic heterocycles. The highest BCUT2D eigenvalue weighted by Crippen LogP contribution is 2.22. The zero-order valence-corrected chi connectivity index (χ0v) is 56.0. The number of aliphatic hydroxyl groups is 1. The Balaban J connectivity index is 1.17. The number of H-pyrrole nitrogens is 1. The van der Waals surface area contributed by atoms with E-state index in [0.717, 1.165) is 6.92 Å². The quantitative estimate of drug-likeness (QED) is 0.0104. The molecular formula is C67H87N19O15. The van der Waals surface area contributed by atoms with Crippen molar-refractivity contribution in [2.75, 3.05) is 20.2 Å². The van der Waals surface area contributed by atoms with Crippen molar-refractivity contribution in [3.8, 4) is 11.5 Å². The SMILES string of the molecule is CNC(=N)NCCCC(NC(=O)C(CC(C)C)n1cc(CNC(=O)C(Cc2ccccc2)NC(=O)C(CO)NC(=O)C(CC(N)=O)NC(=O)C(Cc2c[nH]c3ccccc23)NC(=O)C(CC(N)=O)NC(=O)C(Cc2ccc(O)cc2)NC(C)=O)nn1)C(=O)NC(Cc1ccc(O)cc1)C(N)=O. The molecule has 2 heterocycles. The third kappa shape index (κ3) is 25.1. The number of phenols is 2. The van der Waals surface area contributed by atoms with Crippen LogP contribution in [-0.4, -0.2) is 181 Å². The molecule has 34 nitrogen and oxygen atoms in total. The van der Waals surface area contributed by atoms with Gasteiger partial charge in [0.15, 0.2) is 5.96 Å². The molecule has 6 rings (SSSR count). The van der Waals surface area contributed by atoms with E-state index in [0.29, 0.717) is 33.2 Å². The smallest absolute Gasteiger partial charge is 0.245 e. The predicted molar refractivity (Wildman–Crippen MR) is 365 cm³/mol. The van der Waals surface area contributed by atoms with Gasteiger partial charge in [-0.1, -0.05) is 91.9 Å². The molecular weight excluding hydrogens is 1310 g/mol. The molecule has 9 unspecified atom stereocenters. The number of aromatic nitrogens is 4. The van der Waals surface area contributed by atoms with Crippen LogP contribution in [-0.2, 0) is 89.8 Å². The van der Waals surface area contributed by atoms with E-state index < -0.39 is 145 Å². The fourth-order valence-corrected chi connectivity index (χ4v) is 10.6. The summed E-state index contributed by atoms with van der Waals surface area (Å²) in [5.41, 5.74) is 19.7. The van der Waals surface area contributed by atoms with Crippen LogP contribution in [0.3, 0.4) is 0 Å². The summed E-state index contributed by atoms with van der Waals surface area (Å²) in [7, 11) is 1.55. The maximum absolute atomic E-state index is 14.6. The molecule has 6 aromatic rings. The first-order valence-electron chi connectivity index (χ1n) is 32.3. The van der Waals surface area contributed by atoms with Gasteiger partial charge in [-0.2, -0.15) is 0 Å². The van der Waals surface area contributed by atoms with E-state index in [4.69, 9.17) is 22.6 Å². The maximum atomic E-state index is 14.6. The zero-order chi connectivity index (χ0) is 73.9. The van der Waals surface area contributed by atoms with Crippen LogP contribution in [0, 0.1) is 11.3 Å². The molecule has 12 amide bonds. The summed E-state index contributed by atoms with van der Waals surface area (Å²) in [5.74, 6) is -11.6. The average molecular weight is 1400 g/mol. The van der Waals surface area contributed by atoms with Gasteiger partial charge in [-0.15, -0.1) is 5.10 Å². The van der Waals surface area contributed by atoms with Crippen LogP contribution >= 0.6 is 0 Å². The number of nitrogens with two attached hydrogens (primary N) is 3. The number of carbonyl (C=O) groups is 12. The number of para-hydroxylation sites is 1. The van der Waals surface area contributed by atoms with Crippen LogP contribution < -0.4 is 75.7 Å². The molecule has 0 bridgehead atoms. The minimum absolute atomic E-state index is 0.0138. The molecule has 0 fully saturated rings. The molecule has 0 aliphatic carbocycles. The fourth-order valence-electron chi connectivity index (χ4n) is 10.6. The largest absolute Gasteiger partial charge is 0.508 e. The lowest BCUT2D eigenvalue weighted by molar-refractivity contribution is -0.137. The Kier molecular flexibility index (Phi) is 29.6. The molecule has 2 aromatic heterocycles. The monoisotopic (exact) mass is 1400 g/mol. The van der Waals surface area contributed by atoms with Crippen molar-refractivity contribution in [3.63, 3.8) is 0 Å². The van der Waals surface area contributed by atoms with E-state index in [1.807, 2.05) is 13.8 Å². The van der Waals surface area contributed by atoms with E-state index in [1.165, 1.54) is 47.3 Å². The zero-order valence-electron chi connectivity index (χ0n) is 56.0. The lowest BCUT2D eigenvalue weighted by Gasteiger charge is -2.27. The summed E-state index contributed by atoms with van der Waals surface area (Å²) in [5, 5.41) is 75.3. The number of aromatic amines is 1.